The highest BCUT2D eigenvalue weighted by molar-refractivity contribution is 5.71. The third-order valence-electron chi connectivity index (χ3n) is 12.2. The zero-order valence-corrected chi connectivity index (χ0v) is 22.1. The van der Waals surface area contributed by atoms with E-state index in [9.17, 15) is 20.1 Å². The average Bonchev–Trinajstić information content (AvgIpc) is 3.36. The zero-order valence-electron chi connectivity index (χ0n) is 22.1. The van der Waals surface area contributed by atoms with Gasteiger partial charge in [-0.15, -0.1) is 0 Å². The van der Waals surface area contributed by atoms with E-state index in [2.05, 4.69) is 31.7 Å². The number of nitrogens with zero attached hydrogens (tertiary/aromatic N) is 1. The number of carboxylic acids is 1. The number of aliphatic carboxylic acids is 1. The van der Waals surface area contributed by atoms with E-state index in [-0.39, 0.29) is 45.9 Å². The predicted molar refractivity (Wildman–Crippen MR) is 132 cm³/mol. The van der Waals surface area contributed by atoms with Gasteiger partial charge < -0.3 is 24.8 Å². The molecule has 8 rings (SSSR count). The third kappa shape index (κ3) is 2.13. The van der Waals surface area contributed by atoms with Crippen molar-refractivity contribution in [3.63, 3.8) is 0 Å². The maximum absolute atomic E-state index is 12.2. The summed E-state index contributed by atoms with van der Waals surface area (Å²) in [6.07, 6.45) is 4.21. The Morgan fingerprint density at radius 3 is 2.67 bits per heavy atom. The molecule has 3 spiro atoms. The number of ether oxygens (including phenoxy) is 2. The minimum Gasteiger partial charge on any atom is -0.504 e. The third-order valence-corrected chi connectivity index (χ3v) is 12.2. The van der Waals surface area contributed by atoms with Crippen LogP contribution in [0.15, 0.2) is 12.1 Å². The minimum absolute atomic E-state index is 0.00463. The Labute approximate surface area is 212 Å². The number of phenols is 1. The fourth-order valence-electron chi connectivity index (χ4n) is 10.5. The van der Waals surface area contributed by atoms with Crippen LogP contribution >= 0.6 is 0 Å². The molecule has 0 amide bonds. The Kier molecular flexibility index (Phi) is 4.15. The largest absolute Gasteiger partial charge is 0.504 e. The first-order valence-corrected chi connectivity index (χ1v) is 13.6. The number of benzene rings is 1. The number of carbonyl (C=O) groups is 1. The first kappa shape index (κ1) is 23.3. The van der Waals surface area contributed by atoms with Crippen LogP contribution in [-0.2, 0) is 20.4 Å². The van der Waals surface area contributed by atoms with Crippen molar-refractivity contribution in [2.45, 2.75) is 100 Å². The molecule has 5 fully saturated rings. The Morgan fingerprint density at radius 1 is 1.25 bits per heavy atom. The summed E-state index contributed by atoms with van der Waals surface area (Å²) in [4.78, 5) is 13.8. The van der Waals surface area contributed by atoms with E-state index in [1.165, 1.54) is 11.1 Å². The van der Waals surface area contributed by atoms with Gasteiger partial charge in [-0.2, -0.15) is 0 Å². The second-order valence-corrected chi connectivity index (χ2v) is 14.0. The molecule has 36 heavy (non-hydrogen) atoms. The Hall–Kier alpha value is -1.83. The van der Waals surface area contributed by atoms with Crippen molar-refractivity contribution < 1.29 is 29.6 Å². The second kappa shape index (κ2) is 6.41. The summed E-state index contributed by atoms with van der Waals surface area (Å²) in [6.45, 7) is 9.98. The standard InChI is InChI=1S/C29H39NO6/c1-24(2,3)25(4,34)18-13-27-10-11-29(18,35-5)23-28(27)14-26(15-30(22(26)27)12-6-7-19(32)33)16-8-9-17(31)21(36-23)20(16)28/h8-9,18,22-23,31,34H,6-7,10-15H2,1-5H3,(H,32,33)/t18-,22-,23-,25+,26?,27-,28+,29-/m1/s1. The van der Waals surface area contributed by atoms with Crippen molar-refractivity contribution in [3.05, 3.63) is 23.3 Å². The summed E-state index contributed by atoms with van der Waals surface area (Å²) < 4.78 is 13.3. The number of aromatic hydroxyl groups is 1. The van der Waals surface area contributed by atoms with Crippen LogP contribution in [0.25, 0.3) is 0 Å². The number of methoxy groups -OCH3 is 1. The lowest BCUT2D eigenvalue weighted by molar-refractivity contribution is -0.296. The van der Waals surface area contributed by atoms with Gasteiger partial charge in [-0.1, -0.05) is 26.8 Å². The zero-order chi connectivity index (χ0) is 25.7. The van der Waals surface area contributed by atoms with Crippen LogP contribution in [0, 0.1) is 16.7 Å². The number of aliphatic hydroxyl groups is 1. The van der Waals surface area contributed by atoms with Crippen molar-refractivity contribution in [3.8, 4) is 11.5 Å². The maximum Gasteiger partial charge on any atom is 0.303 e. The molecule has 8 atom stereocenters. The summed E-state index contributed by atoms with van der Waals surface area (Å²) in [5.41, 5.74) is 0.171. The number of hydrogen-bond acceptors (Lipinski definition) is 6. The molecule has 7 aliphatic rings. The molecule has 196 valence electrons. The lowest BCUT2D eigenvalue weighted by Gasteiger charge is -2.72. The summed E-state index contributed by atoms with van der Waals surface area (Å²) in [5, 5.41) is 32.4. The van der Waals surface area contributed by atoms with E-state index >= 15 is 0 Å². The molecule has 1 aromatic carbocycles. The molecule has 0 radical (unpaired) electrons. The second-order valence-electron chi connectivity index (χ2n) is 14.0. The van der Waals surface area contributed by atoms with Gasteiger partial charge in [-0.3, -0.25) is 9.69 Å². The Bertz CT molecular complexity index is 1190. The summed E-state index contributed by atoms with van der Waals surface area (Å²) >= 11 is 0. The lowest BCUT2D eigenvalue weighted by atomic mass is 9.37. The molecule has 7 nitrogen and oxygen atoms in total. The van der Waals surface area contributed by atoms with Gasteiger partial charge in [-0.05, 0) is 62.6 Å². The molecule has 1 aromatic rings. The smallest absolute Gasteiger partial charge is 0.303 e. The van der Waals surface area contributed by atoms with Crippen LogP contribution in [-0.4, -0.2) is 69.7 Å². The monoisotopic (exact) mass is 497 g/mol. The highest BCUT2D eigenvalue weighted by atomic mass is 16.6. The van der Waals surface area contributed by atoms with Crippen molar-refractivity contribution in [2.24, 2.45) is 16.7 Å². The SMILES string of the molecule is CO[C@]12CC[C@@]3(C[C@@H]1[C@](C)(O)C(C)(C)C)[C@@H]1N(CCCC(=O)O)CC14C[C@@]31c3c4ccc(O)c3O[C@@H]21. The number of phenolic OH excluding ortho intramolecular Hbond substituents is 1. The molecule has 2 heterocycles. The fourth-order valence-corrected chi connectivity index (χ4v) is 10.5. The first-order chi connectivity index (χ1) is 16.8. The van der Waals surface area contributed by atoms with Crippen molar-refractivity contribution >= 4 is 5.97 Å². The molecule has 5 aliphatic carbocycles. The van der Waals surface area contributed by atoms with Crippen LogP contribution in [0.1, 0.15) is 77.3 Å². The molecular weight excluding hydrogens is 458 g/mol. The predicted octanol–water partition coefficient (Wildman–Crippen LogP) is 3.58. The summed E-state index contributed by atoms with van der Waals surface area (Å²) in [5.74, 6) is -0.0280. The molecule has 4 saturated carbocycles. The average molecular weight is 498 g/mol. The normalized spacial score (nSPS) is 44.6. The fraction of sp³-hybridized carbons (Fsp3) is 0.759. The van der Waals surface area contributed by atoms with E-state index in [1.54, 1.807) is 13.2 Å². The molecule has 0 aromatic heterocycles. The maximum atomic E-state index is 12.2. The van der Waals surface area contributed by atoms with Gasteiger partial charge in [0.2, 0.25) is 0 Å². The van der Waals surface area contributed by atoms with Gasteiger partial charge in [0.25, 0.3) is 0 Å². The van der Waals surface area contributed by atoms with Crippen LogP contribution in [0.3, 0.4) is 0 Å². The lowest BCUT2D eigenvalue weighted by Crippen LogP contribution is -2.81. The van der Waals surface area contributed by atoms with Crippen LogP contribution in [0.4, 0.5) is 0 Å². The van der Waals surface area contributed by atoms with Gasteiger partial charge in [-0.25, -0.2) is 0 Å². The molecule has 2 aliphatic heterocycles. The Balaban J connectivity index is 1.43. The molecule has 4 bridgehead atoms. The molecule has 1 unspecified atom stereocenters. The number of carboxylic acid groups (broad SMARTS) is 1. The van der Waals surface area contributed by atoms with Crippen LogP contribution < -0.4 is 4.74 Å². The quantitative estimate of drug-likeness (QED) is 0.553. The van der Waals surface area contributed by atoms with Crippen molar-refractivity contribution in [1.82, 2.24) is 4.90 Å². The molecular formula is C29H39NO6. The van der Waals surface area contributed by atoms with Gasteiger partial charge >= 0.3 is 5.97 Å². The van der Waals surface area contributed by atoms with Gasteiger partial charge in [0, 0.05) is 53.8 Å². The van der Waals surface area contributed by atoms with Crippen molar-refractivity contribution in [1.29, 1.82) is 0 Å². The van der Waals surface area contributed by atoms with Gasteiger partial charge in [0.15, 0.2) is 11.5 Å². The Morgan fingerprint density at radius 2 is 2.00 bits per heavy atom. The number of likely N-dealkylation sites (tertiary alicyclic amines) is 1. The summed E-state index contributed by atoms with van der Waals surface area (Å²) in [7, 11) is 1.78. The van der Waals surface area contributed by atoms with Crippen molar-refractivity contribution in [2.75, 3.05) is 20.2 Å². The van der Waals surface area contributed by atoms with Gasteiger partial charge in [0.1, 0.15) is 11.7 Å². The molecule has 7 heteroatoms. The summed E-state index contributed by atoms with van der Waals surface area (Å²) in [6, 6.07) is 4.20. The number of hydrogen-bond donors (Lipinski definition) is 3. The van der Waals surface area contributed by atoms with Gasteiger partial charge in [0.05, 0.1) is 5.60 Å². The first-order valence-electron chi connectivity index (χ1n) is 13.6. The highest BCUT2D eigenvalue weighted by Crippen LogP contribution is 2.86. The topological polar surface area (TPSA) is 99.5 Å². The number of rotatable bonds is 6. The molecule has 1 saturated heterocycles. The van der Waals surface area contributed by atoms with E-state index < -0.39 is 17.2 Å². The highest BCUT2D eigenvalue weighted by Gasteiger charge is 2.90. The van der Waals surface area contributed by atoms with Crippen LogP contribution in [0.5, 0.6) is 11.5 Å². The number of fused-ring (bicyclic) bond motifs is 2. The van der Waals surface area contributed by atoms with E-state index in [1.807, 2.05) is 6.92 Å². The van der Waals surface area contributed by atoms with E-state index in [0.717, 1.165) is 38.8 Å². The molecule has 3 N–H and O–H groups in total. The van der Waals surface area contributed by atoms with E-state index in [0.29, 0.717) is 18.2 Å². The van der Waals surface area contributed by atoms with E-state index in [4.69, 9.17) is 9.47 Å². The van der Waals surface area contributed by atoms with Crippen LogP contribution in [0.2, 0.25) is 0 Å². The minimum atomic E-state index is -0.992.